The number of aromatic carboxylic acids is 1. The normalized spacial score (nSPS) is 10.1. The fourth-order valence-electron chi connectivity index (χ4n) is 1.66. The molecule has 0 aromatic heterocycles. The van der Waals surface area contributed by atoms with Gasteiger partial charge in [0.15, 0.2) is 11.5 Å². The number of carbonyl (C=O) groups excluding carboxylic acids is 1. The Labute approximate surface area is 118 Å². The highest BCUT2D eigenvalue weighted by Gasteiger charge is 2.15. The summed E-state index contributed by atoms with van der Waals surface area (Å²) in [7, 11) is 0. The highest BCUT2D eigenvalue weighted by atomic mass is 19.1. The molecule has 6 nitrogen and oxygen atoms in total. The molecule has 0 radical (unpaired) electrons. The second-order valence-corrected chi connectivity index (χ2v) is 4.15. The number of phenols is 2. The number of carbonyl (C=O) groups is 2. The van der Waals surface area contributed by atoms with Gasteiger partial charge in [-0.1, -0.05) is 0 Å². The first-order valence-corrected chi connectivity index (χ1v) is 5.74. The Hall–Kier alpha value is -3.09. The number of amides is 1. The minimum Gasteiger partial charge on any atom is -0.504 e. The predicted octanol–water partition coefficient (Wildman–Crippen LogP) is 2.19. The first kappa shape index (κ1) is 14.3. The number of carboxylic acids is 1. The molecule has 2 aromatic rings. The van der Waals surface area contributed by atoms with E-state index in [2.05, 4.69) is 5.32 Å². The Bertz CT molecular complexity index is 729. The van der Waals surface area contributed by atoms with Gasteiger partial charge in [-0.05, 0) is 36.4 Å². The minimum absolute atomic E-state index is 0.00552. The van der Waals surface area contributed by atoms with E-state index in [0.29, 0.717) is 0 Å². The van der Waals surface area contributed by atoms with Crippen LogP contribution in [0.5, 0.6) is 11.5 Å². The van der Waals surface area contributed by atoms with Crippen LogP contribution in [0, 0.1) is 5.82 Å². The summed E-state index contributed by atoms with van der Waals surface area (Å²) in [6.45, 7) is 0. The van der Waals surface area contributed by atoms with Crippen molar-refractivity contribution in [3.05, 3.63) is 53.3 Å². The molecular formula is C14H10FNO5. The molecule has 2 aromatic carbocycles. The lowest BCUT2D eigenvalue weighted by Gasteiger charge is -2.09. The number of benzene rings is 2. The van der Waals surface area contributed by atoms with Crippen LogP contribution in [0.25, 0.3) is 0 Å². The molecule has 0 aliphatic rings. The summed E-state index contributed by atoms with van der Waals surface area (Å²) in [4.78, 5) is 22.9. The summed E-state index contributed by atoms with van der Waals surface area (Å²) in [6.07, 6.45) is 0. The van der Waals surface area contributed by atoms with Crippen molar-refractivity contribution in [3.63, 3.8) is 0 Å². The maximum atomic E-state index is 13.0. The molecule has 21 heavy (non-hydrogen) atoms. The van der Waals surface area contributed by atoms with E-state index < -0.39 is 29.0 Å². The van der Waals surface area contributed by atoms with E-state index in [1.807, 2.05) is 0 Å². The number of carboxylic acid groups (broad SMARTS) is 1. The fraction of sp³-hybridized carbons (Fsp3) is 0. The summed E-state index contributed by atoms with van der Waals surface area (Å²) < 4.78 is 13.0. The van der Waals surface area contributed by atoms with Gasteiger partial charge in [0.05, 0.1) is 11.3 Å². The summed E-state index contributed by atoms with van der Waals surface area (Å²) in [5, 5.41) is 29.7. The van der Waals surface area contributed by atoms with Crippen molar-refractivity contribution in [2.24, 2.45) is 0 Å². The monoisotopic (exact) mass is 291 g/mol. The largest absolute Gasteiger partial charge is 0.504 e. The average Bonchev–Trinajstić information content (AvgIpc) is 2.43. The molecule has 0 saturated heterocycles. The van der Waals surface area contributed by atoms with E-state index >= 15 is 0 Å². The van der Waals surface area contributed by atoms with E-state index in [1.54, 1.807) is 0 Å². The van der Waals surface area contributed by atoms with Crippen LogP contribution < -0.4 is 5.32 Å². The molecule has 2 rings (SSSR count). The SMILES string of the molecule is O=C(Nc1ccc(F)cc1C(=O)O)c1ccc(O)c(O)c1. The molecule has 0 fully saturated rings. The molecule has 0 spiro atoms. The maximum absolute atomic E-state index is 13.0. The van der Waals surface area contributed by atoms with Crippen molar-refractivity contribution >= 4 is 17.6 Å². The van der Waals surface area contributed by atoms with Gasteiger partial charge < -0.3 is 20.6 Å². The maximum Gasteiger partial charge on any atom is 0.337 e. The third-order valence-electron chi connectivity index (χ3n) is 2.70. The molecule has 1 amide bonds. The van der Waals surface area contributed by atoms with Crippen molar-refractivity contribution in [2.45, 2.75) is 0 Å². The molecule has 0 heterocycles. The topological polar surface area (TPSA) is 107 Å². The molecular weight excluding hydrogens is 281 g/mol. The molecule has 0 atom stereocenters. The van der Waals surface area contributed by atoms with Gasteiger partial charge in [-0.3, -0.25) is 4.79 Å². The van der Waals surface area contributed by atoms with Crippen LogP contribution in [0.2, 0.25) is 0 Å². The Morgan fingerprint density at radius 2 is 1.71 bits per heavy atom. The highest BCUT2D eigenvalue weighted by Crippen LogP contribution is 2.25. The molecule has 7 heteroatoms. The lowest BCUT2D eigenvalue weighted by molar-refractivity contribution is 0.0697. The summed E-state index contributed by atoms with van der Waals surface area (Å²) in [6, 6.07) is 6.30. The molecule has 0 saturated carbocycles. The zero-order valence-corrected chi connectivity index (χ0v) is 10.5. The second-order valence-electron chi connectivity index (χ2n) is 4.15. The van der Waals surface area contributed by atoms with E-state index in [-0.39, 0.29) is 17.0 Å². The van der Waals surface area contributed by atoms with E-state index in [0.717, 1.165) is 30.3 Å². The van der Waals surface area contributed by atoms with E-state index in [4.69, 9.17) is 10.2 Å². The van der Waals surface area contributed by atoms with Crippen molar-refractivity contribution < 1.29 is 29.3 Å². The van der Waals surface area contributed by atoms with Crippen LogP contribution in [0.4, 0.5) is 10.1 Å². The number of hydrogen-bond donors (Lipinski definition) is 4. The molecule has 0 aliphatic carbocycles. The molecule has 4 N–H and O–H groups in total. The zero-order valence-electron chi connectivity index (χ0n) is 10.5. The average molecular weight is 291 g/mol. The number of nitrogens with one attached hydrogen (secondary N) is 1. The first-order chi connectivity index (χ1) is 9.88. The van der Waals surface area contributed by atoms with Crippen LogP contribution >= 0.6 is 0 Å². The zero-order chi connectivity index (χ0) is 15.6. The van der Waals surface area contributed by atoms with Crippen LogP contribution in [0.15, 0.2) is 36.4 Å². The molecule has 0 aliphatic heterocycles. The Morgan fingerprint density at radius 1 is 1.00 bits per heavy atom. The first-order valence-electron chi connectivity index (χ1n) is 5.74. The van der Waals surface area contributed by atoms with E-state index in [1.165, 1.54) is 6.07 Å². The number of anilines is 1. The Kier molecular flexibility index (Phi) is 3.75. The van der Waals surface area contributed by atoms with Gasteiger partial charge in [0.25, 0.3) is 5.91 Å². The third kappa shape index (κ3) is 3.08. The van der Waals surface area contributed by atoms with Gasteiger partial charge in [-0.2, -0.15) is 0 Å². The number of halogens is 1. The van der Waals surface area contributed by atoms with Crippen LogP contribution in [-0.2, 0) is 0 Å². The van der Waals surface area contributed by atoms with Crippen LogP contribution in [-0.4, -0.2) is 27.2 Å². The highest BCUT2D eigenvalue weighted by molar-refractivity contribution is 6.08. The van der Waals surface area contributed by atoms with Crippen LogP contribution in [0.1, 0.15) is 20.7 Å². The number of phenolic OH excluding ortho intramolecular Hbond substituents is 2. The number of rotatable bonds is 3. The smallest absolute Gasteiger partial charge is 0.337 e. The van der Waals surface area contributed by atoms with Gasteiger partial charge in [-0.15, -0.1) is 0 Å². The predicted molar refractivity (Wildman–Crippen MR) is 71.1 cm³/mol. The number of hydrogen-bond acceptors (Lipinski definition) is 4. The molecule has 0 unspecified atom stereocenters. The standard InChI is InChI=1S/C14H10FNO5/c15-8-2-3-10(9(6-8)14(20)21)16-13(19)7-1-4-11(17)12(18)5-7/h1-6,17-18H,(H,16,19)(H,20,21). The van der Waals surface area contributed by atoms with E-state index in [9.17, 15) is 19.1 Å². The fourth-order valence-corrected chi connectivity index (χ4v) is 1.66. The summed E-state index contributed by atoms with van der Waals surface area (Å²) >= 11 is 0. The number of aromatic hydroxyl groups is 2. The van der Waals surface area contributed by atoms with Crippen LogP contribution in [0.3, 0.4) is 0 Å². The Morgan fingerprint density at radius 3 is 2.33 bits per heavy atom. The van der Waals surface area contributed by atoms with Crippen molar-refractivity contribution in [1.82, 2.24) is 0 Å². The lowest BCUT2D eigenvalue weighted by atomic mass is 10.1. The minimum atomic E-state index is -1.39. The third-order valence-corrected chi connectivity index (χ3v) is 2.70. The summed E-state index contributed by atoms with van der Waals surface area (Å²) in [5.74, 6) is -3.72. The van der Waals surface area contributed by atoms with Crippen molar-refractivity contribution in [3.8, 4) is 11.5 Å². The van der Waals surface area contributed by atoms with Crippen molar-refractivity contribution in [1.29, 1.82) is 0 Å². The Balaban J connectivity index is 2.31. The molecule has 0 bridgehead atoms. The van der Waals surface area contributed by atoms with Gasteiger partial charge in [0.1, 0.15) is 5.82 Å². The van der Waals surface area contributed by atoms with Gasteiger partial charge >= 0.3 is 5.97 Å². The van der Waals surface area contributed by atoms with Gasteiger partial charge in [0.2, 0.25) is 0 Å². The lowest BCUT2D eigenvalue weighted by Crippen LogP contribution is -2.15. The quantitative estimate of drug-likeness (QED) is 0.648. The summed E-state index contributed by atoms with van der Waals surface area (Å²) in [5.41, 5.74) is -0.473. The van der Waals surface area contributed by atoms with Crippen molar-refractivity contribution in [2.75, 3.05) is 5.32 Å². The second kappa shape index (κ2) is 5.49. The van der Waals surface area contributed by atoms with Gasteiger partial charge in [-0.25, -0.2) is 9.18 Å². The molecule has 108 valence electrons. The van der Waals surface area contributed by atoms with Gasteiger partial charge in [0, 0.05) is 5.56 Å².